The van der Waals surface area contributed by atoms with Crippen LogP contribution < -0.4 is 10.6 Å². The van der Waals surface area contributed by atoms with Crippen molar-refractivity contribution in [2.45, 2.75) is 55.5 Å². The molecule has 0 radical (unpaired) electrons. The van der Waals surface area contributed by atoms with Gasteiger partial charge in [0.05, 0.1) is 0 Å². The lowest BCUT2D eigenvalue weighted by Gasteiger charge is -2.35. The van der Waals surface area contributed by atoms with Crippen LogP contribution in [-0.4, -0.2) is 34.6 Å². The summed E-state index contributed by atoms with van der Waals surface area (Å²) in [5, 5.41) is 15.3. The Labute approximate surface area is 95.2 Å². The lowest BCUT2D eigenvalue weighted by Crippen LogP contribution is -2.46. The SMILES string of the molecule is O=C(O)N[C@@H]1CC[C@H](NC2CC(S)C2)C1. The van der Waals surface area contributed by atoms with Crippen molar-refractivity contribution in [1.29, 1.82) is 0 Å². The molecule has 5 heteroatoms. The summed E-state index contributed by atoms with van der Waals surface area (Å²) in [7, 11) is 0. The molecule has 0 aromatic rings. The molecule has 4 nitrogen and oxygen atoms in total. The summed E-state index contributed by atoms with van der Waals surface area (Å²) in [4.78, 5) is 10.5. The van der Waals surface area contributed by atoms with Crippen molar-refractivity contribution < 1.29 is 9.90 Å². The van der Waals surface area contributed by atoms with Gasteiger partial charge in [0.25, 0.3) is 0 Å². The van der Waals surface area contributed by atoms with Gasteiger partial charge in [-0.1, -0.05) is 0 Å². The summed E-state index contributed by atoms with van der Waals surface area (Å²) in [5.74, 6) is 0. The van der Waals surface area contributed by atoms with E-state index in [9.17, 15) is 4.79 Å². The summed E-state index contributed by atoms with van der Waals surface area (Å²) in [6.07, 6.45) is 4.37. The zero-order valence-corrected chi connectivity index (χ0v) is 9.54. The summed E-state index contributed by atoms with van der Waals surface area (Å²) in [6.45, 7) is 0. The standard InChI is InChI=1S/C10H18N2O2S/c13-10(14)12-7-2-1-6(3-7)11-8-4-9(15)5-8/h6-9,11-12,15H,1-5H2,(H,13,14)/t6-,7+,8?,9?/m0/s1. The van der Waals surface area contributed by atoms with Crippen LogP contribution in [0.5, 0.6) is 0 Å². The highest BCUT2D eigenvalue weighted by Gasteiger charge is 2.31. The van der Waals surface area contributed by atoms with Crippen LogP contribution in [0.1, 0.15) is 32.1 Å². The molecule has 0 spiro atoms. The van der Waals surface area contributed by atoms with E-state index in [2.05, 4.69) is 23.3 Å². The van der Waals surface area contributed by atoms with Crippen molar-refractivity contribution in [3.05, 3.63) is 0 Å². The molecule has 2 aliphatic carbocycles. The van der Waals surface area contributed by atoms with Gasteiger partial charge in [-0.05, 0) is 32.1 Å². The van der Waals surface area contributed by atoms with Crippen LogP contribution in [0.4, 0.5) is 4.79 Å². The Balaban J connectivity index is 1.66. The quantitative estimate of drug-likeness (QED) is 0.551. The maximum absolute atomic E-state index is 10.5. The van der Waals surface area contributed by atoms with E-state index in [0.717, 1.165) is 32.1 Å². The van der Waals surface area contributed by atoms with E-state index in [1.165, 1.54) is 0 Å². The second-order valence-electron chi connectivity index (χ2n) is 4.65. The molecule has 2 rings (SSSR count). The van der Waals surface area contributed by atoms with Crippen molar-refractivity contribution >= 4 is 18.7 Å². The van der Waals surface area contributed by atoms with Gasteiger partial charge in [0.15, 0.2) is 0 Å². The molecule has 0 saturated heterocycles. The first kappa shape index (κ1) is 11.1. The fourth-order valence-electron chi connectivity index (χ4n) is 2.50. The molecule has 0 unspecified atom stereocenters. The molecule has 1 amide bonds. The monoisotopic (exact) mass is 230 g/mol. The Hall–Kier alpha value is -0.420. The second-order valence-corrected chi connectivity index (χ2v) is 5.38. The van der Waals surface area contributed by atoms with Gasteiger partial charge in [-0.25, -0.2) is 4.79 Å². The fraction of sp³-hybridized carbons (Fsp3) is 0.900. The van der Waals surface area contributed by atoms with E-state index < -0.39 is 6.09 Å². The predicted octanol–water partition coefficient (Wildman–Crippen LogP) is 1.23. The topological polar surface area (TPSA) is 61.4 Å². The Kier molecular flexibility index (Phi) is 3.41. The number of nitrogens with one attached hydrogen (secondary N) is 2. The van der Waals surface area contributed by atoms with Gasteiger partial charge in [0.1, 0.15) is 0 Å². The number of carboxylic acid groups (broad SMARTS) is 1. The molecule has 0 aromatic heterocycles. The molecule has 0 aliphatic heterocycles. The molecule has 2 saturated carbocycles. The zero-order chi connectivity index (χ0) is 10.8. The third-order valence-electron chi connectivity index (χ3n) is 3.34. The van der Waals surface area contributed by atoms with Crippen LogP contribution in [-0.2, 0) is 0 Å². The Morgan fingerprint density at radius 1 is 1.13 bits per heavy atom. The van der Waals surface area contributed by atoms with Gasteiger partial charge in [-0.15, -0.1) is 0 Å². The van der Waals surface area contributed by atoms with Crippen LogP contribution in [0, 0.1) is 0 Å². The zero-order valence-electron chi connectivity index (χ0n) is 8.65. The molecule has 0 aromatic carbocycles. The Morgan fingerprint density at radius 3 is 2.40 bits per heavy atom. The first-order valence-corrected chi connectivity index (χ1v) is 6.08. The fourth-order valence-corrected chi connectivity index (χ4v) is 3.00. The highest BCUT2D eigenvalue weighted by atomic mass is 32.1. The summed E-state index contributed by atoms with van der Waals surface area (Å²) >= 11 is 4.37. The second kappa shape index (κ2) is 4.61. The van der Waals surface area contributed by atoms with Crippen molar-refractivity contribution in [3.63, 3.8) is 0 Å². The third-order valence-corrected chi connectivity index (χ3v) is 3.77. The minimum absolute atomic E-state index is 0.145. The maximum atomic E-state index is 10.5. The van der Waals surface area contributed by atoms with Crippen LogP contribution in [0.25, 0.3) is 0 Å². The minimum Gasteiger partial charge on any atom is -0.465 e. The number of hydrogen-bond donors (Lipinski definition) is 4. The smallest absolute Gasteiger partial charge is 0.404 e. The number of amides is 1. The molecular weight excluding hydrogens is 212 g/mol. The van der Waals surface area contributed by atoms with Crippen LogP contribution in [0.2, 0.25) is 0 Å². The largest absolute Gasteiger partial charge is 0.465 e. The average Bonchev–Trinajstić information content (AvgIpc) is 2.48. The Morgan fingerprint density at radius 2 is 1.80 bits per heavy atom. The van der Waals surface area contributed by atoms with Gasteiger partial charge >= 0.3 is 6.09 Å². The molecule has 2 atom stereocenters. The van der Waals surface area contributed by atoms with E-state index >= 15 is 0 Å². The minimum atomic E-state index is -0.903. The average molecular weight is 230 g/mol. The van der Waals surface area contributed by atoms with Gasteiger partial charge in [0, 0.05) is 23.4 Å². The van der Waals surface area contributed by atoms with E-state index in [-0.39, 0.29) is 6.04 Å². The maximum Gasteiger partial charge on any atom is 0.404 e. The van der Waals surface area contributed by atoms with Crippen molar-refractivity contribution in [2.75, 3.05) is 0 Å². The summed E-state index contributed by atoms with van der Waals surface area (Å²) in [5.41, 5.74) is 0. The number of hydrogen-bond acceptors (Lipinski definition) is 3. The lowest BCUT2D eigenvalue weighted by molar-refractivity contribution is 0.189. The summed E-state index contributed by atoms with van der Waals surface area (Å²) < 4.78 is 0. The van der Waals surface area contributed by atoms with Gasteiger partial charge < -0.3 is 15.7 Å². The summed E-state index contributed by atoms with van der Waals surface area (Å²) in [6, 6.07) is 1.25. The van der Waals surface area contributed by atoms with E-state index in [1.807, 2.05) is 0 Å². The van der Waals surface area contributed by atoms with E-state index in [1.54, 1.807) is 0 Å². The van der Waals surface area contributed by atoms with E-state index in [4.69, 9.17) is 5.11 Å². The first-order valence-electron chi connectivity index (χ1n) is 5.57. The Bertz CT molecular complexity index is 244. The molecule has 0 bridgehead atoms. The molecule has 0 heterocycles. The number of rotatable bonds is 3. The van der Waals surface area contributed by atoms with E-state index in [0.29, 0.717) is 17.3 Å². The number of carbonyl (C=O) groups is 1. The molecule has 86 valence electrons. The van der Waals surface area contributed by atoms with Gasteiger partial charge in [-0.3, -0.25) is 0 Å². The van der Waals surface area contributed by atoms with Crippen LogP contribution in [0.3, 0.4) is 0 Å². The van der Waals surface area contributed by atoms with Crippen molar-refractivity contribution in [1.82, 2.24) is 10.6 Å². The third kappa shape index (κ3) is 3.01. The van der Waals surface area contributed by atoms with Crippen molar-refractivity contribution in [3.8, 4) is 0 Å². The predicted molar refractivity (Wildman–Crippen MR) is 61.5 cm³/mol. The molecule has 15 heavy (non-hydrogen) atoms. The molecule has 2 aliphatic rings. The van der Waals surface area contributed by atoms with Gasteiger partial charge in [-0.2, -0.15) is 12.6 Å². The van der Waals surface area contributed by atoms with Gasteiger partial charge in [0.2, 0.25) is 0 Å². The van der Waals surface area contributed by atoms with Crippen LogP contribution >= 0.6 is 12.6 Å². The first-order chi connectivity index (χ1) is 7.13. The van der Waals surface area contributed by atoms with Crippen molar-refractivity contribution in [2.24, 2.45) is 0 Å². The highest BCUT2D eigenvalue weighted by molar-refractivity contribution is 7.81. The molecular formula is C10H18N2O2S. The normalized spacial score (nSPS) is 39.8. The highest BCUT2D eigenvalue weighted by Crippen LogP contribution is 2.28. The number of thiol groups is 1. The molecule has 2 fully saturated rings. The molecule has 3 N–H and O–H groups in total. The lowest BCUT2D eigenvalue weighted by atomic mass is 9.91. The van der Waals surface area contributed by atoms with Crippen LogP contribution in [0.15, 0.2) is 0 Å².